The molecule has 22 heavy (non-hydrogen) atoms. The summed E-state index contributed by atoms with van der Waals surface area (Å²) in [5.74, 6) is 0. The zero-order valence-corrected chi connectivity index (χ0v) is 13.9. The summed E-state index contributed by atoms with van der Waals surface area (Å²) in [6.07, 6.45) is 5.36. The molecule has 0 amide bonds. The van der Waals surface area contributed by atoms with Crippen molar-refractivity contribution in [3.05, 3.63) is 44.5 Å². The van der Waals surface area contributed by atoms with Crippen LogP contribution in [0.1, 0.15) is 33.9 Å². The summed E-state index contributed by atoms with van der Waals surface area (Å²) in [5, 5.41) is 0.964. The van der Waals surface area contributed by atoms with Crippen LogP contribution >= 0.6 is 34.5 Å². The van der Waals surface area contributed by atoms with E-state index in [1.807, 2.05) is 10.5 Å². The van der Waals surface area contributed by atoms with Crippen molar-refractivity contribution in [2.24, 2.45) is 0 Å². The molecule has 0 fully saturated rings. The molecule has 2 heterocycles. The molecule has 1 aromatic carbocycles. The SMILES string of the molecule is O=Cc1c(-c2ccc(Cl)c(Cl)c2)nc2sc3c(n12)CCCC3. The molecule has 3 nitrogen and oxygen atoms in total. The van der Waals surface area contributed by atoms with Gasteiger partial charge in [0.25, 0.3) is 0 Å². The summed E-state index contributed by atoms with van der Waals surface area (Å²) >= 11 is 13.8. The van der Waals surface area contributed by atoms with Gasteiger partial charge in [-0.3, -0.25) is 9.20 Å². The molecule has 1 aliphatic carbocycles. The van der Waals surface area contributed by atoms with Gasteiger partial charge in [0.05, 0.1) is 10.0 Å². The van der Waals surface area contributed by atoms with Crippen LogP contribution in [-0.4, -0.2) is 15.7 Å². The second kappa shape index (κ2) is 5.37. The highest BCUT2D eigenvalue weighted by molar-refractivity contribution is 7.17. The van der Waals surface area contributed by atoms with Gasteiger partial charge in [-0.25, -0.2) is 4.98 Å². The molecule has 0 radical (unpaired) electrons. The molecule has 0 saturated heterocycles. The van der Waals surface area contributed by atoms with Gasteiger partial charge in [-0.1, -0.05) is 29.3 Å². The average Bonchev–Trinajstić information content (AvgIpc) is 3.05. The monoisotopic (exact) mass is 350 g/mol. The third-order valence-electron chi connectivity index (χ3n) is 4.06. The molecule has 0 saturated carbocycles. The average molecular weight is 351 g/mol. The molecule has 3 aromatic rings. The molecule has 0 aliphatic heterocycles. The Labute approximate surface area is 141 Å². The van der Waals surface area contributed by atoms with Crippen LogP contribution in [0.4, 0.5) is 0 Å². The number of halogens is 2. The third kappa shape index (κ3) is 2.09. The quantitative estimate of drug-likeness (QED) is 0.605. The van der Waals surface area contributed by atoms with Gasteiger partial charge in [-0.15, -0.1) is 11.3 Å². The fourth-order valence-corrected chi connectivity index (χ4v) is 4.54. The van der Waals surface area contributed by atoms with Crippen molar-refractivity contribution >= 4 is 45.8 Å². The number of thiazole rings is 1. The van der Waals surface area contributed by atoms with Gasteiger partial charge in [-0.05, 0) is 37.8 Å². The predicted molar refractivity (Wildman–Crippen MR) is 90.6 cm³/mol. The lowest BCUT2D eigenvalue weighted by Gasteiger charge is -2.11. The number of aromatic nitrogens is 2. The van der Waals surface area contributed by atoms with Crippen molar-refractivity contribution in [3.63, 3.8) is 0 Å². The summed E-state index contributed by atoms with van der Waals surface area (Å²) < 4.78 is 2.02. The molecule has 4 rings (SSSR count). The van der Waals surface area contributed by atoms with E-state index < -0.39 is 0 Å². The summed E-state index contributed by atoms with van der Waals surface area (Å²) in [6.45, 7) is 0. The van der Waals surface area contributed by atoms with E-state index >= 15 is 0 Å². The standard InChI is InChI=1S/C16H12Cl2N2OS/c17-10-6-5-9(7-11(10)18)15-13(8-21)20-12-3-1-2-4-14(12)22-16(20)19-15/h5-8H,1-4H2. The molecule has 0 spiro atoms. The van der Waals surface area contributed by atoms with Gasteiger partial charge in [0.2, 0.25) is 0 Å². The lowest BCUT2D eigenvalue weighted by Crippen LogP contribution is -2.04. The maximum atomic E-state index is 11.7. The Morgan fingerprint density at radius 2 is 2.00 bits per heavy atom. The van der Waals surface area contributed by atoms with Crippen LogP contribution < -0.4 is 0 Å². The first-order chi connectivity index (χ1) is 10.7. The zero-order valence-electron chi connectivity index (χ0n) is 11.6. The predicted octanol–water partition coefficient (Wildman–Crippen LogP) is 5.06. The van der Waals surface area contributed by atoms with E-state index in [1.165, 1.54) is 17.0 Å². The number of benzene rings is 1. The van der Waals surface area contributed by atoms with E-state index in [-0.39, 0.29) is 0 Å². The molecular formula is C16H12Cl2N2OS. The first-order valence-corrected chi connectivity index (χ1v) is 8.70. The molecule has 6 heteroatoms. The molecule has 2 aromatic heterocycles. The van der Waals surface area contributed by atoms with E-state index in [2.05, 4.69) is 4.98 Å². The first kappa shape index (κ1) is 14.2. The minimum Gasteiger partial charge on any atom is -0.296 e. The van der Waals surface area contributed by atoms with Gasteiger partial charge in [-0.2, -0.15) is 0 Å². The second-order valence-corrected chi connectivity index (χ2v) is 7.27. The van der Waals surface area contributed by atoms with Crippen LogP contribution in [0.2, 0.25) is 10.0 Å². The van der Waals surface area contributed by atoms with Gasteiger partial charge in [0.15, 0.2) is 11.2 Å². The summed E-state index contributed by atoms with van der Waals surface area (Å²) in [7, 11) is 0. The van der Waals surface area contributed by atoms with E-state index in [0.29, 0.717) is 21.4 Å². The van der Waals surface area contributed by atoms with E-state index in [1.54, 1.807) is 23.5 Å². The summed E-state index contributed by atoms with van der Waals surface area (Å²) in [5.41, 5.74) is 3.34. The number of aryl methyl sites for hydroxylation is 2. The van der Waals surface area contributed by atoms with E-state index in [9.17, 15) is 4.79 Å². The molecule has 0 atom stereocenters. The summed E-state index contributed by atoms with van der Waals surface area (Å²) in [4.78, 5) is 18.6. The Kier molecular flexibility index (Phi) is 3.48. The second-order valence-electron chi connectivity index (χ2n) is 5.39. The fourth-order valence-electron chi connectivity index (χ4n) is 3.02. The van der Waals surface area contributed by atoms with Crippen LogP contribution in [0.3, 0.4) is 0 Å². The van der Waals surface area contributed by atoms with Gasteiger partial charge in [0, 0.05) is 16.1 Å². The van der Waals surface area contributed by atoms with Crippen molar-refractivity contribution in [1.29, 1.82) is 0 Å². The Morgan fingerprint density at radius 1 is 1.18 bits per heavy atom. The van der Waals surface area contributed by atoms with Gasteiger partial charge >= 0.3 is 0 Å². The number of imidazole rings is 1. The van der Waals surface area contributed by atoms with Crippen molar-refractivity contribution in [2.75, 3.05) is 0 Å². The Balaban J connectivity index is 1.96. The maximum absolute atomic E-state index is 11.7. The van der Waals surface area contributed by atoms with Crippen LogP contribution in [0.5, 0.6) is 0 Å². The minimum atomic E-state index is 0.467. The van der Waals surface area contributed by atoms with Crippen LogP contribution in [0.25, 0.3) is 16.2 Å². The Bertz CT molecular complexity index is 897. The highest BCUT2D eigenvalue weighted by Gasteiger charge is 2.23. The number of rotatable bonds is 2. The van der Waals surface area contributed by atoms with Crippen molar-refractivity contribution in [2.45, 2.75) is 25.7 Å². The molecule has 1 aliphatic rings. The molecule has 0 N–H and O–H groups in total. The zero-order chi connectivity index (χ0) is 15.3. The number of nitrogens with zero attached hydrogens (tertiary/aromatic N) is 2. The first-order valence-electron chi connectivity index (χ1n) is 7.12. The lowest BCUT2D eigenvalue weighted by atomic mass is 10.0. The minimum absolute atomic E-state index is 0.467. The maximum Gasteiger partial charge on any atom is 0.195 e. The highest BCUT2D eigenvalue weighted by Crippen LogP contribution is 2.35. The fraction of sp³-hybridized carbons (Fsp3) is 0.250. The van der Waals surface area contributed by atoms with Gasteiger partial charge in [0.1, 0.15) is 11.4 Å². The third-order valence-corrected chi connectivity index (χ3v) is 5.94. The van der Waals surface area contributed by atoms with Crippen LogP contribution in [0, 0.1) is 0 Å². The molecule has 0 bridgehead atoms. The lowest BCUT2D eigenvalue weighted by molar-refractivity contribution is 0.111. The number of aldehydes is 1. The number of hydrogen-bond acceptors (Lipinski definition) is 3. The summed E-state index contributed by atoms with van der Waals surface area (Å²) in [6, 6.07) is 5.34. The Hall–Kier alpha value is -1.36. The van der Waals surface area contributed by atoms with Crippen molar-refractivity contribution < 1.29 is 4.79 Å². The van der Waals surface area contributed by atoms with Crippen LogP contribution in [-0.2, 0) is 12.8 Å². The number of fused-ring (bicyclic) bond motifs is 3. The molecular weight excluding hydrogens is 339 g/mol. The van der Waals surface area contributed by atoms with Gasteiger partial charge < -0.3 is 0 Å². The topological polar surface area (TPSA) is 34.4 Å². The molecule has 0 unspecified atom stereocenters. The van der Waals surface area contributed by atoms with Crippen LogP contribution in [0.15, 0.2) is 18.2 Å². The van der Waals surface area contributed by atoms with Crippen molar-refractivity contribution in [3.8, 4) is 11.3 Å². The smallest absolute Gasteiger partial charge is 0.195 e. The normalized spacial score (nSPS) is 14.3. The van der Waals surface area contributed by atoms with Crippen molar-refractivity contribution in [1.82, 2.24) is 9.38 Å². The Morgan fingerprint density at radius 3 is 2.77 bits per heavy atom. The van der Waals surface area contributed by atoms with E-state index in [4.69, 9.17) is 23.2 Å². The highest BCUT2D eigenvalue weighted by atomic mass is 35.5. The number of hydrogen-bond donors (Lipinski definition) is 0. The van der Waals surface area contributed by atoms with E-state index in [0.717, 1.165) is 36.1 Å². The number of carbonyl (C=O) groups is 1. The largest absolute Gasteiger partial charge is 0.296 e. The molecule has 112 valence electrons. The number of carbonyl (C=O) groups excluding carboxylic acids is 1.